The van der Waals surface area contributed by atoms with Gasteiger partial charge in [0.25, 0.3) is 0 Å². The minimum Gasteiger partial charge on any atom is -0.445 e. The number of amides is 4. The van der Waals surface area contributed by atoms with Gasteiger partial charge in [-0.1, -0.05) is 60.7 Å². The van der Waals surface area contributed by atoms with E-state index in [1.165, 1.54) is 0 Å². The summed E-state index contributed by atoms with van der Waals surface area (Å²) < 4.78 is 20.9. The summed E-state index contributed by atoms with van der Waals surface area (Å²) in [7, 11) is 0. The maximum Gasteiger partial charge on any atom is 0.407 e. The molecule has 2 aromatic carbocycles. The zero-order chi connectivity index (χ0) is 35.2. The Morgan fingerprint density at radius 1 is 0.521 bits per heavy atom. The Morgan fingerprint density at radius 2 is 0.812 bits per heavy atom. The van der Waals surface area contributed by atoms with E-state index < -0.39 is 35.6 Å². The number of carbonyl (C=O) groups excluding carboxylic acids is 4. The first-order valence-electron chi connectivity index (χ1n) is 16.6. The Kier molecular flexibility index (Phi) is 14.4. The Labute approximate surface area is 284 Å². The molecule has 0 saturated heterocycles. The lowest BCUT2D eigenvalue weighted by Crippen LogP contribution is -2.39. The summed E-state index contributed by atoms with van der Waals surface area (Å²) >= 11 is 0. The fourth-order valence-electron chi connectivity index (χ4n) is 5.30. The molecule has 4 N–H and O–H groups in total. The van der Waals surface area contributed by atoms with Gasteiger partial charge in [-0.05, 0) is 91.2 Å². The maximum atomic E-state index is 11.8. The first-order valence-corrected chi connectivity index (χ1v) is 16.6. The first kappa shape index (κ1) is 38.0. The second-order valence-electron chi connectivity index (χ2n) is 14.1. The Hall–Kier alpha value is -4.48. The molecule has 0 aliphatic heterocycles. The van der Waals surface area contributed by atoms with Crippen molar-refractivity contribution < 1.29 is 38.1 Å². The number of nitrogens with one attached hydrogen (secondary N) is 4. The summed E-state index contributed by atoms with van der Waals surface area (Å²) in [6.45, 7) is 11.5. The normalized spacial score (nSPS) is 20.3. The molecule has 2 aliphatic rings. The van der Waals surface area contributed by atoms with Gasteiger partial charge < -0.3 is 40.2 Å². The van der Waals surface area contributed by atoms with Crippen molar-refractivity contribution >= 4 is 24.4 Å². The van der Waals surface area contributed by atoms with Crippen molar-refractivity contribution in [3.05, 3.63) is 71.8 Å². The second kappa shape index (κ2) is 18.2. The molecule has 12 heteroatoms. The van der Waals surface area contributed by atoms with Crippen molar-refractivity contribution in [3.8, 4) is 0 Å². The fraction of sp³-hybridized carbons (Fsp3) is 0.556. The number of alkyl carbamates (subject to hydrolysis) is 4. The Balaban J connectivity index is 0.000000260. The smallest absolute Gasteiger partial charge is 0.407 e. The number of benzene rings is 2. The lowest BCUT2D eigenvalue weighted by molar-refractivity contribution is 0.0493. The van der Waals surface area contributed by atoms with Crippen molar-refractivity contribution in [1.82, 2.24) is 21.3 Å². The highest BCUT2D eigenvalue weighted by molar-refractivity contribution is 5.69. The van der Waals surface area contributed by atoms with Crippen LogP contribution in [0.1, 0.15) is 91.2 Å². The Morgan fingerprint density at radius 3 is 1.10 bits per heavy atom. The van der Waals surface area contributed by atoms with E-state index in [0.717, 1.165) is 36.8 Å². The largest absolute Gasteiger partial charge is 0.445 e. The standard InChI is InChI=1S/2C18H26N2O4/c2*1-18(2,3)24-17(22)20-15-10-9-14(11-15)19-16(21)23-12-13-7-5-4-6-8-13/h2*4-8,14-15H,9-12H2,1-3H3,(H,19,21)(H,20,22)/t2*14-,15+/m10/s1. The number of hydrogen-bond donors (Lipinski definition) is 4. The highest BCUT2D eigenvalue weighted by Gasteiger charge is 2.30. The van der Waals surface area contributed by atoms with Gasteiger partial charge >= 0.3 is 24.4 Å². The SMILES string of the molecule is CC(C)(C)OC(=O)N[C@@H]1CC[C@H](NC(=O)OCc2ccccc2)C1.CC(C)(C)OC(=O)N[C@H]1CC[C@@H](NC(=O)OCc2ccccc2)C1. The van der Waals surface area contributed by atoms with Crippen molar-refractivity contribution in [2.75, 3.05) is 0 Å². The monoisotopic (exact) mass is 668 g/mol. The van der Waals surface area contributed by atoms with Crippen LogP contribution in [0.3, 0.4) is 0 Å². The van der Waals surface area contributed by atoms with Crippen molar-refractivity contribution in [1.29, 1.82) is 0 Å². The maximum absolute atomic E-state index is 11.8. The molecule has 0 bridgehead atoms. The molecule has 0 unspecified atom stereocenters. The van der Waals surface area contributed by atoms with Gasteiger partial charge in [0.15, 0.2) is 0 Å². The van der Waals surface area contributed by atoms with E-state index in [4.69, 9.17) is 18.9 Å². The van der Waals surface area contributed by atoms with Gasteiger partial charge in [-0.25, -0.2) is 19.2 Å². The van der Waals surface area contributed by atoms with Gasteiger partial charge in [-0.2, -0.15) is 0 Å². The average molecular weight is 669 g/mol. The molecule has 0 radical (unpaired) electrons. The molecule has 2 fully saturated rings. The molecular formula is C36H52N4O8. The topological polar surface area (TPSA) is 153 Å². The van der Waals surface area contributed by atoms with E-state index in [1.54, 1.807) is 0 Å². The highest BCUT2D eigenvalue weighted by Crippen LogP contribution is 2.21. The quantitative estimate of drug-likeness (QED) is 0.226. The van der Waals surface area contributed by atoms with Crippen LogP contribution < -0.4 is 21.3 Å². The molecule has 48 heavy (non-hydrogen) atoms. The lowest BCUT2D eigenvalue weighted by Gasteiger charge is -2.21. The van der Waals surface area contributed by atoms with E-state index in [0.29, 0.717) is 12.8 Å². The van der Waals surface area contributed by atoms with Crippen LogP contribution >= 0.6 is 0 Å². The van der Waals surface area contributed by atoms with Crippen LogP contribution in [0.4, 0.5) is 19.2 Å². The molecule has 12 nitrogen and oxygen atoms in total. The number of ether oxygens (including phenoxy) is 4. The van der Waals surface area contributed by atoms with Gasteiger partial charge in [0.1, 0.15) is 24.4 Å². The van der Waals surface area contributed by atoms with E-state index >= 15 is 0 Å². The van der Waals surface area contributed by atoms with Gasteiger partial charge in [-0.15, -0.1) is 0 Å². The van der Waals surface area contributed by atoms with Crippen LogP contribution in [0.25, 0.3) is 0 Å². The third kappa shape index (κ3) is 15.9. The van der Waals surface area contributed by atoms with Crippen LogP contribution in [-0.4, -0.2) is 59.7 Å². The van der Waals surface area contributed by atoms with Gasteiger partial charge in [0.2, 0.25) is 0 Å². The minimum atomic E-state index is -0.512. The lowest BCUT2D eigenvalue weighted by atomic mass is 10.2. The molecule has 2 aromatic rings. The van der Waals surface area contributed by atoms with Crippen LogP contribution in [0.5, 0.6) is 0 Å². The number of carbonyl (C=O) groups is 4. The molecule has 4 amide bonds. The molecule has 2 aliphatic carbocycles. The number of hydrogen-bond acceptors (Lipinski definition) is 8. The zero-order valence-corrected chi connectivity index (χ0v) is 29.0. The van der Waals surface area contributed by atoms with Crippen LogP contribution in [0.15, 0.2) is 60.7 Å². The predicted octanol–water partition coefficient (Wildman–Crippen LogP) is 6.72. The van der Waals surface area contributed by atoms with Crippen LogP contribution in [0.2, 0.25) is 0 Å². The highest BCUT2D eigenvalue weighted by atomic mass is 16.6. The summed E-state index contributed by atoms with van der Waals surface area (Å²) in [5.74, 6) is 0. The second-order valence-corrected chi connectivity index (χ2v) is 14.1. The van der Waals surface area contributed by atoms with E-state index in [-0.39, 0.29) is 37.4 Å². The van der Waals surface area contributed by atoms with Gasteiger partial charge in [0.05, 0.1) is 0 Å². The molecule has 264 valence electrons. The molecule has 2 saturated carbocycles. The van der Waals surface area contributed by atoms with Crippen LogP contribution in [0, 0.1) is 0 Å². The van der Waals surface area contributed by atoms with E-state index in [9.17, 15) is 19.2 Å². The Bertz CT molecular complexity index is 1210. The van der Waals surface area contributed by atoms with Crippen molar-refractivity contribution in [3.63, 3.8) is 0 Å². The summed E-state index contributed by atoms with van der Waals surface area (Å²) in [5.41, 5.74) is 0.871. The van der Waals surface area contributed by atoms with Gasteiger partial charge in [0, 0.05) is 24.2 Å². The third-order valence-corrected chi connectivity index (χ3v) is 7.38. The molecule has 0 heterocycles. The predicted molar refractivity (Wildman–Crippen MR) is 181 cm³/mol. The number of rotatable bonds is 8. The van der Waals surface area contributed by atoms with Crippen molar-refractivity contribution in [2.45, 2.75) is 129 Å². The average Bonchev–Trinajstić information content (AvgIpc) is 3.63. The fourth-order valence-corrected chi connectivity index (χ4v) is 5.30. The first-order chi connectivity index (χ1) is 22.6. The summed E-state index contributed by atoms with van der Waals surface area (Å²) in [6, 6.07) is 19.1. The zero-order valence-electron chi connectivity index (χ0n) is 29.0. The molecule has 4 atom stereocenters. The summed E-state index contributed by atoms with van der Waals surface area (Å²) in [5, 5.41) is 11.4. The summed E-state index contributed by atoms with van der Waals surface area (Å²) in [4.78, 5) is 47.2. The minimum absolute atomic E-state index is 0.00760. The molecule has 0 aromatic heterocycles. The van der Waals surface area contributed by atoms with E-state index in [2.05, 4.69) is 21.3 Å². The van der Waals surface area contributed by atoms with E-state index in [1.807, 2.05) is 102 Å². The van der Waals surface area contributed by atoms with Gasteiger partial charge in [-0.3, -0.25) is 0 Å². The molecular weight excluding hydrogens is 616 g/mol. The van der Waals surface area contributed by atoms with Crippen molar-refractivity contribution in [2.24, 2.45) is 0 Å². The molecule has 0 spiro atoms. The summed E-state index contributed by atoms with van der Waals surface area (Å²) in [6.07, 6.45) is 2.90. The third-order valence-electron chi connectivity index (χ3n) is 7.38. The molecule has 4 rings (SSSR count). The van der Waals surface area contributed by atoms with Crippen LogP contribution in [-0.2, 0) is 32.2 Å².